The largest absolute Gasteiger partial charge is 0.379 e. The molecule has 0 bridgehead atoms. The van der Waals surface area contributed by atoms with Crippen LogP contribution in [0.5, 0.6) is 0 Å². The van der Waals surface area contributed by atoms with Crippen LogP contribution in [0.25, 0.3) is 5.69 Å². The van der Waals surface area contributed by atoms with Gasteiger partial charge in [0.05, 0.1) is 29.5 Å². The zero-order chi connectivity index (χ0) is 23.4. The number of morpholine rings is 1. The summed E-state index contributed by atoms with van der Waals surface area (Å²) < 4.78 is 7.45. The Labute approximate surface area is 203 Å². The number of carbonyl (C=O) groups is 1. The second-order valence-electron chi connectivity index (χ2n) is 8.04. The normalized spacial score (nSPS) is 14.7. The average molecular weight is 485 g/mol. The van der Waals surface area contributed by atoms with Gasteiger partial charge in [0.2, 0.25) is 0 Å². The number of halogens is 2. The Morgan fingerprint density at radius 2 is 1.79 bits per heavy atom. The van der Waals surface area contributed by atoms with E-state index in [0.29, 0.717) is 15.6 Å². The van der Waals surface area contributed by atoms with Crippen LogP contribution < -0.4 is 5.43 Å². The Kier molecular flexibility index (Phi) is 7.50. The van der Waals surface area contributed by atoms with Gasteiger partial charge in [-0.15, -0.1) is 0 Å². The van der Waals surface area contributed by atoms with Gasteiger partial charge in [-0.2, -0.15) is 5.10 Å². The third kappa shape index (κ3) is 5.65. The molecule has 2 heterocycles. The van der Waals surface area contributed by atoms with Crippen LogP contribution in [0.1, 0.15) is 32.9 Å². The van der Waals surface area contributed by atoms with E-state index < -0.39 is 0 Å². The molecule has 1 amide bonds. The molecule has 2 aromatic carbocycles. The standard InChI is InChI=1S/C25H26Cl2N4O2/c1-17-13-21(18(2)31(17)22-7-8-23(26)24(27)14-22)15-28-29-25(32)20-5-3-19(4-6-20)16-30-9-11-33-12-10-30/h3-8,13-15H,9-12,16H2,1-2H3,(H,29,32)/b28-15+. The van der Waals surface area contributed by atoms with E-state index in [9.17, 15) is 4.79 Å². The summed E-state index contributed by atoms with van der Waals surface area (Å²) in [4.78, 5) is 14.8. The summed E-state index contributed by atoms with van der Waals surface area (Å²) >= 11 is 12.2. The summed E-state index contributed by atoms with van der Waals surface area (Å²) in [5.41, 5.74) is 8.18. The fraction of sp³-hybridized carbons (Fsp3) is 0.280. The predicted molar refractivity (Wildman–Crippen MR) is 133 cm³/mol. The number of hydrogen-bond acceptors (Lipinski definition) is 4. The van der Waals surface area contributed by atoms with Crippen LogP contribution in [0.2, 0.25) is 10.0 Å². The number of hydrazone groups is 1. The first-order valence-corrected chi connectivity index (χ1v) is 11.5. The van der Waals surface area contributed by atoms with Gasteiger partial charge in [-0.1, -0.05) is 35.3 Å². The van der Waals surface area contributed by atoms with Gasteiger partial charge in [0.25, 0.3) is 5.91 Å². The van der Waals surface area contributed by atoms with Crippen molar-refractivity contribution < 1.29 is 9.53 Å². The number of aryl methyl sites for hydroxylation is 1. The minimum Gasteiger partial charge on any atom is -0.379 e. The molecule has 1 aliphatic heterocycles. The maximum atomic E-state index is 12.5. The van der Waals surface area contributed by atoms with E-state index in [1.165, 1.54) is 5.56 Å². The van der Waals surface area contributed by atoms with E-state index >= 15 is 0 Å². The first kappa shape index (κ1) is 23.5. The molecule has 0 radical (unpaired) electrons. The van der Waals surface area contributed by atoms with Crippen LogP contribution >= 0.6 is 23.2 Å². The van der Waals surface area contributed by atoms with Gasteiger partial charge in [-0.25, -0.2) is 5.43 Å². The van der Waals surface area contributed by atoms with Gasteiger partial charge in [0, 0.05) is 47.8 Å². The third-order valence-electron chi connectivity index (χ3n) is 5.73. The smallest absolute Gasteiger partial charge is 0.271 e. The molecule has 6 nitrogen and oxygen atoms in total. The summed E-state index contributed by atoms with van der Waals surface area (Å²) in [5.74, 6) is -0.248. The number of ether oxygens (including phenoxy) is 1. The number of nitrogens with zero attached hydrogens (tertiary/aromatic N) is 3. The van der Waals surface area contributed by atoms with Crippen molar-refractivity contribution in [2.45, 2.75) is 20.4 Å². The first-order chi connectivity index (χ1) is 15.9. The highest BCUT2D eigenvalue weighted by Crippen LogP contribution is 2.27. The molecule has 0 aliphatic carbocycles. The Morgan fingerprint density at radius 3 is 2.48 bits per heavy atom. The minimum absolute atomic E-state index is 0.248. The molecule has 1 saturated heterocycles. The van der Waals surface area contributed by atoms with Crippen molar-refractivity contribution in [2.75, 3.05) is 26.3 Å². The number of aromatic nitrogens is 1. The van der Waals surface area contributed by atoms with E-state index in [0.717, 1.165) is 55.5 Å². The molecule has 0 atom stereocenters. The fourth-order valence-electron chi connectivity index (χ4n) is 3.94. The highest BCUT2D eigenvalue weighted by Gasteiger charge is 2.13. The average Bonchev–Trinajstić information content (AvgIpc) is 3.10. The molecule has 1 aromatic heterocycles. The van der Waals surface area contributed by atoms with Crippen LogP contribution in [0, 0.1) is 13.8 Å². The topological polar surface area (TPSA) is 58.9 Å². The Morgan fingerprint density at radius 1 is 1.06 bits per heavy atom. The van der Waals surface area contributed by atoms with Crippen molar-refractivity contribution in [2.24, 2.45) is 5.10 Å². The molecule has 0 spiro atoms. The molecule has 1 N–H and O–H groups in total. The minimum atomic E-state index is -0.248. The maximum absolute atomic E-state index is 12.5. The van der Waals surface area contributed by atoms with Crippen molar-refractivity contribution in [1.82, 2.24) is 14.9 Å². The SMILES string of the molecule is Cc1cc(/C=N/NC(=O)c2ccc(CN3CCOCC3)cc2)c(C)n1-c1ccc(Cl)c(Cl)c1. The van der Waals surface area contributed by atoms with Crippen molar-refractivity contribution in [3.8, 4) is 5.69 Å². The lowest BCUT2D eigenvalue weighted by atomic mass is 10.1. The Hall–Kier alpha value is -2.64. The van der Waals surface area contributed by atoms with Gasteiger partial charge < -0.3 is 9.30 Å². The van der Waals surface area contributed by atoms with Crippen molar-refractivity contribution in [3.63, 3.8) is 0 Å². The van der Waals surface area contributed by atoms with E-state index in [4.69, 9.17) is 27.9 Å². The van der Waals surface area contributed by atoms with Crippen molar-refractivity contribution in [1.29, 1.82) is 0 Å². The lowest BCUT2D eigenvalue weighted by molar-refractivity contribution is 0.0342. The zero-order valence-electron chi connectivity index (χ0n) is 18.6. The molecule has 33 heavy (non-hydrogen) atoms. The molecular formula is C25H26Cl2N4O2. The monoisotopic (exact) mass is 484 g/mol. The van der Waals surface area contributed by atoms with Crippen LogP contribution in [0.15, 0.2) is 53.6 Å². The van der Waals surface area contributed by atoms with Crippen LogP contribution in [-0.4, -0.2) is 47.9 Å². The Bertz CT molecular complexity index is 1170. The molecule has 1 fully saturated rings. The van der Waals surface area contributed by atoms with Crippen LogP contribution in [0.3, 0.4) is 0 Å². The molecule has 0 saturated carbocycles. The second kappa shape index (κ2) is 10.5. The van der Waals surface area contributed by atoms with E-state index in [1.807, 2.05) is 56.3 Å². The number of rotatable bonds is 6. The first-order valence-electron chi connectivity index (χ1n) is 10.8. The Balaban J connectivity index is 1.39. The summed E-state index contributed by atoms with van der Waals surface area (Å²) in [6.07, 6.45) is 1.65. The highest BCUT2D eigenvalue weighted by atomic mass is 35.5. The van der Waals surface area contributed by atoms with Gasteiger partial charge in [0.15, 0.2) is 0 Å². The molecule has 172 valence electrons. The molecule has 8 heteroatoms. The van der Waals surface area contributed by atoms with E-state index in [-0.39, 0.29) is 5.91 Å². The second-order valence-corrected chi connectivity index (χ2v) is 8.86. The summed E-state index contributed by atoms with van der Waals surface area (Å²) in [6, 6.07) is 15.2. The fourth-order valence-corrected chi connectivity index (χ4v) is 4.24. The summed E-state index contributed by atoms with van der Waals surface area (Å²) in [6.45, 7) is 8.27. The maximum Gasteiger partial charge on any atom is 0.271 e. The van der Waals surface area contributed by atoms with Gasteiger partial charge >= 0.3 is 0 Å². The lowest BCUT2D eigenvalue weighted by Gasteiger charge is -2.26. The van der Waals surface area contributed by atoms with Crippen molar-refractivity contribution >= 4 is 35.3 Å². The molecule has 3 aromatic rings. The number of amides is 1. The molecule has 4 rings (SSSR count). The van der Waals surface area contributed by atoms with Gasteiger partial charge in [-0.3, -0.25) is 9.69 Å². The molecule has 0 unspecified atom stereocenters. The van der Waals surface area contributed by atoms with Gasteiger partial charge in [0.1, 0.15) is 0 Å². The number of carbonyl (C=O) groups excluding carboxylic acids is 1. The molecular weight excluding hydrogens is 459 g/mol. The van der Waals surface area contributed by atoms with Gasteiger partial charge in [-0.05, 0) is 55.8 Å². The number of benzene rings is 2. The highest BCUT2D eigenvalue weighted by molar-refractivity contribution is 6.42. The number of hydrogen-bond donors (Lipinski definition) is 1. The van der Waals surface area contributed by atoms with Crippen molar-refractivity contribution in [3.05, 3.63) is 86.7 Å². The quantitative estimate of drug-likeness (QED) is 0.395. The summed E-state index contributed by atoms with van der Waals surface area (Å²) in [7, 11) is 0. The number of nitrogens with one attached hydrogen (secondary N) is 1. The predicted octanol–water partition coefficient (Wildman–Crippen LogP) is 5.00. The van der Waals surface area contributed by atoms with Crippen LogP contribution in [-0.2, 0) is 11.3 Å². The zero-order valence-corrected chi connectivity index (χ0v) is 20.2. The van der Waals surface area contributed by atoms with E-state index in [1.54, 1.807) is 12.3 Å². The third-order valence-corrected chi connectivity index (χ3v) is 6.47. The van der Waals surface area contributed by atoms with Crippen LogP contribution in [0.4, 0.5) is 0 Å². The molecule has 1 aliphatic rings. The van der Waals surface area contributed by atoms with E-state index in [2.05, 4.69) is 20.0 Å². The summed E-state index contributed by atoms with van der Waals surface area (Å²) in [5, 5.41) is 5.18. The lowest BCUT2D eigenvalue weighted by Crippen LogP contribution is -2.35.